The van der Waals surface area contributed by atoms with E-state index in [2.05, 4.69) is 18.8 Å². The predicted octanol–water partition coefficient (Wildman–Crippen LogP) is 6.54. The van der Waals surface area contributed by atoms with Gasteiger partial charge in [0.15, 0.2) is 0 Å². The maximum atomic E-state index is 12.7. The zero-order chi connectivity index (χ0) is 16.4. The van der Waals surface area contributed by atoms with Gasteiger partial charge in [-0.3, -0.25) is 0 Å². The largest absolute Gasteiger partial charge is 0.389 e. The Bertz CT molecular complexity index is 261. The first-order valence-corrected chi connectivity index (χ1v) is 8.00. The number of unbranched alkanes of at least 4 members (excludes halogenated alkanes) is 1. The SMILES string of the molecule is C=C(CCC(=C/C)/C=C(\C)F)NCCCC.CC.CC. The van der Waals surface area contributed by atoms with E-state index in [0.717, 1.165) is 30.7 Å². The summed E-state index contributed by atoms with van der Waals surface area (Å²) < 4.78 is 12.7. The molecule has 120 valence electrons. The Balaban J connectivity index is -0.000000656. The summed E-state index contributed by atoms with van der Waals surface area (Å²) in [5.41, 5.74) is 2.07. The first-order chi connectivity index (χ1) is 9.60. The van der Waals surface area contributed by atoms with Crippen molar-refractivity contribution in [3.05, 3.63) is 35.8 Å². The quantitative estimate of drug-likeness (QED) is 0.394. The molecule has 0 unspecified atom stereocenters. The summed E-state index contributed by atoms with van der Waals surface area (Å²) in [4.78, 5) is 0. The van der Waals surface area contributed by atoms with Gasteiger partial charge in [0.2, 0.25) is 0 Å². The number of rotatable bonds is 8. The molecule has 0 aliphatic heterocycles. The van der Waals surface area contributed by atoms with Gasteiger partial charge in [0.1, 0.15) is 0 Å². The molecular weight excluding hydrogens is 249 g/mol. The zero-order valence-electron chi connectivity index (χ0n) is 14.8. The lowest BCUT2D eigenvalue weighted by atomic mass is 10.1. The number of hydrogen-bond acceptors (Lipinski definition) is 1. The van der Waals surface area contributed by atoms with Crippen molar-refractivity contribution in [2.45, 2.75) is 74.1 Å². The highest BCUT2D eigenvalue weighted by molar-refractivity contribution is 5.20. The molecule has 0 aromatic heterocycles. The molecule has 0 rings (SSSR count). The van der Waals surface area contributed by atoms with Crippen LogP contribution in [0.15, 0.2) is 35.8 Å². The van der Waals surface area contributed by atoms with E-state index in [1.54, 1.807) is 6.08 Å². The monoisotopic (exact) mass is 285 g/mol. The fraction of sp³-hybridized carbons (Fsp3) is 0.667. The number of hydrogen-bond donors (Lipinski definition) is 1. The molecule has 0 aromatic carbocycles. The molecule has 0 saturated heterocycles. The zero-order valence-corrected chi connectivity index (χ0v) is 14.8. The molecule has 0 radical (unpaired) electrons. The van der Waals surface area contributed by atoms with Crippen molar-refractivity contribution in [1.29, 1.82) is 0 Å². The molecule has 0 aliphatic carbocycles. The highest BCUT2D eigenvalue weighted by atomic mass is 19.1. The standard InChI is InChI=1S/C14H24FN.2C2H6/c1-5-7-10-16-13(4)8-9-14(6-2)11-12(3)15;2*1-2/h6,11,16H,4-5,7-10H2,1-3H3;2*1-2H3/b12-11+,14-6-;;. The van der Waals surface area contributed by atoms with Gasteiger partial charge >= 0.3 is 0 Å². The van der Waals surface area contributed by atoms with Crippen LogP contribution in [0.3, 0.4) is 0 Å². The molecule has 0 spiro atoms. The van der Waals surface area contributed by atoms with Crippen LogP contribution in [0.2, 0.25) is 0 Å². The number of allylic oxidation sites excluding steroid dienone is 5. The van der Waals surface area contributed by atoms with Crippen LogP contribution in [0.5, 0.6) is 0 Å². The number of nitrogens with one attached hydrogen (secondary N) is 1. The fourth-order valence-electron chi connectivity index (χ4n) is 1.38. The van der Waals surface area contributed by atoms with Gasteiger partial charge in [-0.15, -0.1) is 0 Å². The Morgan fingerprint density at radius 3 is 2.10 bits per heavy atom. The van der Waals surface area contributed by atoms with Gasteiger partial charge in [-0.1, -0.05) is 53.7 Å². The van der Waals surface area contributed by atoms with Gasteiger partial charge in [-0.25, -0.2) is 4.39 Å². The van der Waals surface area contributed by atoms with Gasteiger partial charge in [-0.2, -0.15) is 0 Å². The third kappa shape index (κ3) is 19.3. The lowest BCUT2D eigenvalue weighted by Crippen LogP contribution is -2.13. The number of halogens is 1. The minimum absolute atomic E-state index is 0.141. The average molecular weight is 285 g/mol. The van der Waals surface area contributed by atoms with E-state index in [9.17, 15) is 4.39 Å². The van der Waals surface area contributed by atoms with Crippen LogP contribution in [0.1, 0.15) is 74.1 Å². The van der Waals surface area contributed by atoms with Crippen molar-refractivity contribution in [3.63, 3.8) is 0 Å². The van der Waals surface area contributed by atoms with E-state index in [1.807, 2.05) is 40.7 Å². The minimum atomic E-state index is -0.141. The van der Waals surface area contributed by atoms with Crippen LogP contribution in [0.25, 0.3) is 0 Å². The Kier molecular flexibility index (Phi) is 24.3. The molecule has 0 saturated carbocycles. The van der Waals surface area contributed by atoms with Crippen molar-refractivity contribution in [1.82, 2.24) is 5.32 Å². The van der Waals surface area contributed by atoms with Crippen molar-refractivity contribution in [2.75, 3.05) is 6.54 Å². The van der Waals surface area contributed by atoms with E-state index >= 15 is 0 Å². The van der Waals surface area contributed by atoms with Crippen LogP contribution in [0.4, 0.5) is 4.39 Å². The summed E-state index contributed by atoms with van der Waals surface area (Å²) in [6.45, 7) is 18.5. The van der Waals surface area contributed by atoms with E-state index < -0.39 is 0 Å². The van der Waals surface area contributed by atoms with Crippen LogP contribution in [-0.4, -0.2) is 6.54 Å². The lowest BCUT2D eigenvalue weighted by Gasteiger charge is -2.09. The summed E-state index contributed by atoms with van der Waals surface area (Å²) in [5, 5.41) is 3.28. The minimum Gasteiger partial charge on any atom is -0.389 e. The van der Waals surface area contributed by atoms with Gasteiger partial charge in [0.05, 0.1) is 5.83 Å². The van der Waals surface area contributed by atoms with Crippen molar-refractivity contribution in [2.24, 2.45) is 0 Å². The Morgan fingerprint density at radius 2 is 1.70 bits per heavy atom. The average Bonchev–Trinajstić information content (AvgIpc) is 2.47. The van der Waals surface area contributed by atoms with Crippen LogP contribution < -0.4 is 5.32 Å². The molecule has 0 fully saturated rings. The third-order valence-electron chi connectivity index (χ3n) is 2.38. The van der Waals surface area contributed by atoms with Gasteiger partial charge in [0, 0.05) is 12.2 Å². The van der Waals surface area contributed by atoms with Crippen LogP contribution in [-0.2, 0) is 0 Å². The van der Waals surface area contributed by atoms with Gasteiger partial charge in [-0.05, 0) is 44.8 Å². The van der Waals surface area contributed by atoms with E-state index in [0.29, 0.717) is 0 Å². The fourth-order valence-corrected chi connectivity index (χ4v) is 1.38. The highest BCUT2D eigenvalue weighted by Gasteiger charge is 1.97. The van der Waals surface area contributed by atoms with Gasteiger partial charge in [0.25, 0.3) is 0 Å². The highest BCUT2D eigenvalue weighted by Crippen LogP contribution is 2.12. The van der Waals surface area contributed by atoms with E-state index in [4.69, 9.17) is 0 Å². The third-order valence-corrected chi connectivity index (χ3v) is 2.38. The maximum Gasteiger partial charge on any atom is 0.0971 e. The molecular formula is C18H36FN. The molecule has 0 amide bonds. The van der Waals surface area contributed by atoms with E-state index in [1.165, 1.54) is 19.8 Å². The first kappa shape index (κ1) is 24.0. The van der Waals surface area contributed by atoms with Crippen molar-refractivity contribution < 1.29 is 4.39 Å². The molecule has 1 nitrogen and oxygen atoms in total. The molecule has 0 aliphatic rings. The Labute approximate surface area is 127 Å². The molecule has 0 bridgehead atoms. The maximum absolute atomic E-state index is 12.7. The van der Waals surface area contributed by atoms with Crippen LogP contribution in [0, 0.1) is 0 Å². The second-order valence-corrected chi connectivity index (χ2v) is 3.98. The summed E-state index contributed by atoms with van der Waals surface area (Å²) in [7, 11) is 0. The summed E-state index contributed by atoms with van der Waals surface area (Å²) in [5.74, 6) is -0.141. The summed E-state index contributed by atoms with van der Waals surface area (Å²) >= 11 is 0. The molecule has 0 heterocycles. The van der Waals surface area contributed by atoms with E-state index in [-0.39, 0.29) is 5.83 Å². The second-order valence-electron chi connectivity index (χ2n) is 3.98. The smallest absolute Gasteiger partial charge is 0.0971 e. The van der Waals surface area contributed by atoms with Gasteiger partial charge < -0.3 is 5.32 Å². The molecule has 2 heteroatoms. The first-order valence-electron chi connectivity index (χ1n) is 8.00. The Hall–Kier alpha value is -1.05. The topological polar surface area (TPSA) is 12.0 Å². The summed E-state index contributed by atoms with van der Waals surface area (Å²) in [6.07, 6.45) is 7.59. The molecule has 0 atom stereocenters. The molecule has 0 aromatic rings. The lowest BCUT2D eigenvalue weighted by molar-refractivity contribution is 0.637. The molecule has 20 heavy (non-hydrogen) atoms. The van der Waals surface area contributed by atoms with Crippen molar-refractivity contribution in [3.8, 4) is 0 Å². The Morgan fingerprint density at radius 1 is 1.15 bits per heavy atom. The molecule has 1 N–H and O–H groups in total. The summed E-state index contributed by atoms with van der Waals surface area (Å²) in [6, 6.07) is 0. The second kappa shape index (κ2) is 20.3. The normalized spacial score (nSPS) is 10.8. The van der Waals surface area contributed by atoms with Crippen molar-refractivity contribution >= 4 is 0 Å². The predicted molar refractivity (Wildman–Crippen MR) is 92.6 cm³/mol. The van der Waals surface area contributed by atoms with Crippen LogP contribution >= 0.6 is 0 Å².